The van der Waals surface area contributed by atoms with Crippen molar-refractivity contribution >= 4 is 15.9 Å². The Morgan fingerprint density at radius 3 is 2.31 bits per heavy atom. The molecule has 0 aliphatic heterocycles. The highest BCUT2D eigenvalue weighted by Crippen LogP contribution is 2.22. The van der Waals surface area contributed by atoms with Crippen molar-refractivity contribution in [3.05, 3.63) is 35.9 Å². The SMILES string of the molecule is CCCOCC(Br)c1ccccc1.CNC. The van der Waals surface area contributed by atoms with Crippen molar-refractivity contribution < 1.29 is 4.74 Å². The van der Waals surface area contributed by atoms with Gasteiger partial charge in [0.2, 0.25) is 0 Å². The van der Waals surface area contributed by atoms with Crippen LogP contribution >= 0.6 is 15.9 Å². The molecule has 0 fully saturated rings. The van der Waals surface area contributed by atoms with E-state index >= 15 is 0 Å². The lowest BCUT2D eigenvalue weighted by atomic mass is 10.2. The number of hydrogen-bond donors (Lipinski definition) is 1. The molecule has 0 aliphatic carbocycles. The van der Waals surface area contributed by atoms with Crippen molar-refractivity contribution in [3.8, 4) is 0 Å². The van der Waals surface area contributed by atoms with Crippen molar-refractivity contribution in [2.75, 3.05) is 27.3 Å². The largest absolute Gasteiger partial charge is 0.380 e. The molecule has 1 unspecified atom stereocenters. The summed E-state index contributed by atoms with van der Waals surface area (Å²) in [4.78, 5) is 0.320. The fourth-order valence-electron chi connectivity index (χ4n) is 1.09. The number of nitrogens with one attached hydrogen (secondary N) is 1. The molecule has 2 nitrogen and oxygen atoms in total. The van der Waals surface area contributed by atoms with Crippen LogP contribution in [0.3, 0.4) is 0 Å². The zero-order valence-corrected chi connectivity index (χ0v) is 12.0. The molecule has 3 heteroatoms. The van der Waals surface area contributed by atoms with Gasteiger partial charge in [-0.05, 0) is 26.1 Å². The van der Waals surface area contributed by atoms with Crippen LogP contribution in [0.1, 0.15) is 23.7 Å². The second-order valence-electron chi connectivity index (χ2n) is 3.45. The van der Waals surface area contributed by atoms with Gasteiger partial charge in [-0.25, -0.2) is 0 Å². The maximum absolute atomic E-state index is 5.45. The molecule has 0 spiro atoms. The Hall–Kier alpha value is -0.380. The zero-order valence-electron chi connectivity index (χ0n) is 10.4. The Labute approximate surface area is 108 Å². The molecule has 0 aromatic heterocycles. The summed E-state index contributed by atoms with van der Waals surface area (Å²) in [6.07, 6.45) is 1.08. The van der Waals surface area contributed by atoms with Gasteiger partial charge in [-0.2, -0.15) is 0 Å². The molecule has 0 bridgehead atoms. The molecule has 1 aromatic carbocycles. The van der Waals surface area contributed by atoms with Crippen LogP contribution in [0.15, 0.2) is 30.3 Å². The highest BCUT2D eigenvalue weighted by Gasteiger charge is 2.05. The number of rotatable bonds is 5. The molecule has 1 aromatic rings. The summed E-state index contributed by atoms with van der Waals surface area (Å²) in [5, 5.41) is 2.75. The van der Waals surface area contributed by atoms with Gasteiger partial charge in [-0.3, -0.25) is 0 Å². The van der Waals surface area contributed by atoms with Gasteiger partial charge in [0.1, 0.15) is 0 Å². The smallest absolute Gasteiger partial charge is 0.0632 e. The highest BCUT2D eigenvalue weighted by molar-refractivity contribution is 9.09. The Balaban J connectivity index is 0.000000673. The molecule has 92 valence electrons. The van der Waals surface area contributed by atoms with Crippen LogP contribution < -0.4 is 5.32 Å². The van der Waals surface area contributed by atoms with E-state index in [1.165, 1.54) is 5.56 Å². The monoisotopic (exact) mass is 287 g/mol. The molecule has 0 amide bonds. The predicted octanol–water partition coefficient (Wildman–Crippen LogP) is 3.38. The van der Waals surface area contributed by atoms with Crippen LogP contribution in [0.25, 0.3) is 0 Å². The first-order valence-corrected chi connectivity index (χ1v) is 6.53. The molecular formula is C13H22BrNO. The summed E-state index contributed by atoms with van der Waals surface area (Å²) in [6.45, 7) is 3.71. The molecule has 1 atom stereocenters. The van der Waals surface area contributed by atoms with Crippen molar-refractivity contribution in [2.45, 2.75) is 18.2 Å². The number of halogens is 1. The zero-order chi connectivity index (χ0) is 12.2. The van der Waals surface area contributed by atoms with Crippen molar-refractivity contribution in [1.29, 1.82) is 0 Å². The normalized spacial score (nSPS) is 11.5. The minimum absolute atomic E-state index is 0.320. The summed E-state index contributed by atoms with van der Waals surface area (Å²) < 4.78 is 5.45. The van der Waals surface area contributed by atoms with Crippen LogP contribution in [0, 0.1) is 0 Å². The van der Waals surface area contributed by atoms with Crippen LogP contribution in [0.4, 0.5) is 0 Å². The van der Waals surface area contributed by atoms with Crippen molar-refractivity contribution in [3.63, 3.8) is 0 Å². The third kappa shape index (κ3) is 7.85. The Morgan fingerprint density at radius 2 is 1.81 bits per heavy atom. The molecular weight excluding hydrogens is 266 g/mol. The van der Waals surface area contributed by atoms with Gasteiger partial charge in [0.25, 0.3) is 0 Å². The standard InChI is InChI=1S/C11H15BrO.C2H7N/c1-2-8-13-9-11(12)10-6-4-3-5-7-10;1-3-2/h3-7,11H,2,8-9H2,1H3;3H,1-2H3. The lowest BCUT2D eigenvalue weighted by molar-refractivity contribution is 0.137. The Kier molecular flexibility index (Phi) is 10.9. The summed E-state index contributed by atoms with van der Waals surface area (Å²) in [7, 11) is 3.75. The Bertz CT molecular complexity index is 241. The van der Waals surface area contributed by atoms with Crippen LogP contribution in [0.5, 0.6) is 0 Å². The first kappa shape index (κ1) is 15.6. The Morgan fingerprint density at radius 1 is 1.25 bits per heavy atom. The lowest BCUT2D eigenvalue weighted by Crippen LogP contribution is -2.02. The van der Waals surface area contributed by atoms with E-state index in [1.54, 1.807) is 0 Å². The van der Waals surface area contributed by atoms with E-state index in [2.05, 4.69) is 40.3 Å². The minimum atomic E-state index is 0.320. The second-order valence-corrected chi connectivity index (χ2v) is 4.56. The molecule has 0 saturated carbocycles. The van der Waals surface area contributed by atoms with E-state index < -0.39 is 0 Å². The van der Waals surface area contributed by atoms with Crippen molar-refractivity contribution in [2.24, 2.45) is 0 Å². The van der Waals surface area contributed by atoms with Gasteiger partial charge in [-0.15, -0.1) is 0 Å². The average Bonchev–Trinajstić information content (AvgIpc) is 2.31. The molecule has 0 heterocycles. The fraction of sp³-hybridized carbons (Fsp3) is 0.538. The number of hydrogen-bond acceptors (Lipinski definition) is 2. The first-order valence-electron chi connectivity index (χ1n) is 5.61. The maximum Gasteiger partial charge on any atom is 0.0632 e. The van der Waals surface area contributed by atoms with E-state index in [0.29, 0.717) is 4.83 Å². The van der Waals surface area contributed by atoms with E-state index in [4.69, 9.17) is 4.74 Å². The fourth-order valence-corrected chi connectivity index (χ4v) is 1.58. The molecule has 1 rings (SSSR count). The third-order valence-electron chi connectivity index (χ3n) is 1.77. The van der Waals surface area contributed by atoms with Gasteiger partial charge in [0.05, 0.1) is 11.4 Å². The molecule has 0 radical (unpaired) electrons. The molecule has 16 heavy (non-hydrogen) atoms. The minimum Gasteiger partial charge on any atom is -0.380 e. The van der Waals surface area contributed by atoms with Gasteiger partial charge >= 0.3 is 0 Å². The van der Waals surface area contributed by atoms with E-state index in [9.17, 15) is 0 Å². The first-order chi connectivity index (χ1) is 7.76. The van der Waals surface area contributed by atoms with Crippen LogP contribution in [0.2, 0.25) is 0 Å². The van der Waals surface area contributed by atoms with Crippen LogP contribution in [-0.2, 0) is 4.74 Å². The predicted molar refractivity (Wildman–Crippen MR) is 74.2 cm³/mol. The van der Waals surface area contributed by atoms with Crippen LogP contribution in [-0.4, -0.2) is 27.3 Å². The topological polar surface area (TPSA) is 21.3 Å². The highest BCUT2D eigenvalue weighted by atomic mass is 79.9. The summed E-state index contributed by atoms with van der Waals surface area (Å²) >= 11 is 3.59. The van der Waals surface area contributed by atoms with E-state index in [0.717, 1.165) is 19.6 Å². The van der Waals surface area contributed by atoms with Gasteiger partial charge < -0.3 is 10.1 Å². The van der Waals surface area contributed by atoms with Gasteiger partial charge in [0, 0.05) is 6.61 Å². The van der Waals surface area contributed by atoms with Gasteiger partial charge in [0.15, 0.2) is 0 Å². The summed E-state index contributed by atoms with van der Waals surface area (Å²) in [5.74, 6) is 0. The maximum atomic E-state index is 5.45. The quantitative estimate of drug-likeness (QED) is 0.662. The number of benzene rings is 1. The number of alkyl halides is 1. The summed E-state index contributed by atoms with van der Waals surface area (Å²) in [6, 6.07) is 10.3. The lowest BCUT2D eigenvalue weighted by Gasteiger charge is -2.09. The molecule has 0 aliphatic rings. The van der Waals surface area contributed by atoms with Gasteiger partial charge in [-0.1, -0.05) is 53.2 Å². The summed E-state index contributed by atoms with van der Waals surface area (Å²) in [5.41, 5.74) is 1.28. The third-order valence-corrected chi connectivity index (χ3v) is 2.57. The molecule has 0 saturated heterocycles. The number of ether oxygens (including phenoxy) is 1. The average molecular weight is 288 g/mol. The second kappa shape index (κ2) is 11.1. The van der Waals surface area contributed by atoms with E-state index in [-0.39, 0.29) is 0 Å². The molecule has 1 N–H and O–H groups in total. The van der Waals surface area contributed by atoms with E-state index in [1.807, 2.05) is 32.3 Å². The van der Waals surface area contributed by atoms with Crippen molar-refractivity contribution in [1.82, 2.24) is 5.32 Å².